The fourth-order valence-corrected chi connectivity index (χ4v) is 4.87. The molecule has 0 atom stereocenters. The summed E-state index contributed by atoms with van der Waals surface area (Å²) in [5.74, 6) is 0.0542. The van der Waals surface area contributed by atoms with Crippen LogP contribution in [0.3, 0.4) is 0 Å². The van der Waals surface area contributed by atoms with Crippen LogP contribution in [-0.2, 0) is 19.5 Å². The van der Waals surface area contributed by atoms with Gasteiger partial charge in [-0.2, -0.15) is 4.31 Å². The van der Waals surface area contributed by atoms with E-state index in [0.29, 0.717) is 68.7 Å². The fraction of sp³-hybridized carbons (Fsp3) is 0.409. The van der Waals surface area contributed by atoms with Gasteiger partial charge in [0, 0.05) is 25.4 Å². The van der Waals surface area contributed by atoms with Crippen molar-refractivity contribution in [3.63, 3.8) is 0 Å². The normalized spacial score (nSPS) is 14.9. The Morgan fingerprint density at radius 1 is 1.13 bits per heavy atom. The van der Waals surface area contributed by atoms with E-state index >= 15 is 0 Å². The van der Waals surface area contributed by atoms with Crippen LogP contribution in [0, 0.1) is 6.92 Å². The molecule has 1 amide bonds. The van der Waals surface area contributed by atoms with Gasteiger partial charge in [0.15, 0.2) is 0 Å². The number of aryl methyl sites for hydroxylation is 1. The van der Waals surface area contributed by atoms with Crippen molar-refractivity contribution < 1.29 is 27.4 Å². The molecule has 168 valence electrons. The Balaban J connectivity index is 1.78. The van der Waals surface area contributed by atoms with Gasteiger partial charge in [0.25, 0.3) is 5.91 Å². The molecule has 3 rings (SSSR count). The molecule has 0 saturated carbocycles. The molecule has 0 aliphatic carbocycles. The van der Waals surface area contributed by atoms with E-state index in [0.717, 1.165) is 0 Å². The van der Waals surface area contributed by atoms with Crippen molar-refractivity contribution >= 4 is 21.6 Å². The largest absolute Gasteiger partial charge is 0.490 e. The maximum Gasteiger partial charge on any atom is 0.259 e. The number of nitrogens with one attached hydrogen (secondary N) is 1. The smallest absolute Gasteiger partial charge is 0.259 e. The quantitative estimate of drug-likeness (QED) is 0.593. The zero-order valence-electron chi connectivity index (χ0n) is 17.8. The zero-order chi connectivity index (χ0) is 22.3. The van der Waals surface area contributed by atoms with Crippen LogP contribution in [0.4, 0.5) is 5.69 Å². The molecule has 8 nitrogen and oxygen atoms in total. The fourth-order valence-electron chi connectivity index (χ4n) is 3.22. The number of hydrogen-bond donors (Lipinski definition) is 1. The number of para-hydroxylation sites is 1. The average Bonchev–Trinajstić information content (AvgIpc) is 2.78. The predicted octanol–water partition coefficient (Wildman–Crippen LogP) is 2.68. The van der Waals surface area contributed by atoms with Crippen molar-refractivity contribution in [3.05, 3.63) is 53.6 Å². The molecule has 1 aliphatic rings. The average molecular weight is 449 g/mol. The van der Waals surface area contributed by atoms with Gasteiger partial charge >= 0.3 is 0 Å². The van der Waals surface area contributed by atoms with E-state index in [-0.39, 0.29) is 10.8 Å². The minimum absolute atomic E-state index is 0.174. The number of benzene rings is 2. The summed E-state index contributed by atoms with van der Waals surface area (Å²) in [7, 11) is -3.68. The number of rotatable bonds is 9. The van der Waals surface area contributed by atoms with Gasteiger partial charge in [-0.15, -0.1) is 0 Å². The second-order valence-electron chi connectivity index (χ2n) is 6.99. The monoisotopic (exact) mass is 448 g/mol. The lowest BCUT2D eigenvalue weighted by atomic mass is 10.1. The number of hydrogen-bond acceptors (Lipinski definition) is 6. The van der Waals surface area contributed by atoms with Crippen LogP contribution >= 0.6 is 0 Å². The molecule has 0 bridgehead atoms. The van der Waals surface area contributed by atoms with Gasteiger partial charge in [0.2, 0.25) is 10.0 Å². The van der Waals surface area contributed by atoms with Crippen LogP contribution in [0.5, 0.6) is 5.75 Å². The summed E-state index contributed by atoms with van der Waals surface area (Å²) in [5.41, 5.74) is 1.37. The highest BCUT2D eigenvalue weighted by Crippen LogP contribution is 2.26. The number of sulfonamides is 1. The van der Waals surface area contributed by atoms with Gasteiger partial charge < -0.3 is 19.5 Å². The van der Waals surface area contributed by atoms with Crippen molar-refractivity contribution in [2.24, 2.45) is 0 Å². The van der Waals surface area contributed by atoms with E-state index in [1.807, 2.05) is 6.92 Å². The van der Waals surface area contributed by atoms with E-state index in [9.17, 15) is 13.2 Å². The Kier molecular flexibility index (Phi) is 8.03. The maximum atomic E-state index is 13.1. The standard InChI is InChI=1S/C22H28N2O6S/c1-3-28-14-15-30-20-7-5-4-6-19(20)22(25)23-18-9-8-17(2)21(16-18)31(26,27)24-10-12-29-13-11-24/h4-9,16H,3,10-15H2,1-2H3,(H,23,25). The molecule has 1 aliphatic heterocycles. The topological polar surface area (TPSA) is 94.2 Å². The maximum absolute atomic E-state index is 13.1. The molecule has 0 radical (unpaired) electrons. The van der Waals surface area contributed by atoms with Crippen LogP contribution < -0.4 is 10.1 Å². The second kappa shape index (κ2) is 10.7. The Hall–Kier alpha value is -2.46. The number of amides is 1. The van der Waals surface area contributed by atoms with Crippen molar-refractivity contribution in [1.82, 2.24) is 4.31 Å². The number of carbonyl (C=O) groups is 1. The first-order valence-corrected chi connectivity index (χ1v) is 11.7. The molecular weight excluding hydrogens is 420 g/mol. The Labute approximate surface area is 183 Å². The third-order valence-corrected chi connectivity index (χ3v) is 6.90. The van der Waals surface area contributed by atoms with Crippen LogP contribution in [0.2, 0.25) is 0 Å². The van der Waals surface area contributed by atoms with Crippen molar-refractivity contribution in [3.8, 4) is 5.75 Å². The molecule has 1 fully saturated rings. The Bertz CT molecular complexity index is 1000. The van der Waals surface area contributed by atoms with Gasteiger partial charge in [0.1, 0.15) is 12.4 Å². The zero-order valence-corrected chi connectivity index (χ0v) is 18.6. The molecule has 2 aromatic carbocycles. The number of anilines is 1. The SMILES string of the molecule is CCOCCOc1ccccc1C(=O)Nc1ccc(C)c(S(=O)(=O)N2CCOCC2)c1. The first kappa shape index (κ1) is 23.2. The second-order valence-corrected chi connectivity index (χ2v) is 8.90. The third-order valence-electron chi connectivity index (χ3n) is 4.85. The number of nitrogens with zero attached hydrogens (tertiary/aromatic N) is 1. The van der Waals surface area contributed by atoms with Crippen LogP contribution in [-0.4, -0.2) is 64.8 Å². The molecule has 0 spiro atoms. The number of carbonyl (C=O) groups excluding carboxylic acids is 1. The predicted molar refractivity (Wildman–Crippen MR) is 117 cm³/mol. The van der Waals surface area contributed by atoms with Crippen molar-refractivity contribution in [2.45, 2.75) is 18.7 Å². The summed E-state index contributed by atoms with van der Waals surface area (Å²) >= 11 is 0. The van der Waals surface area contributed by atoms with Crippen molar-refractivity contribution in [1.29, 1.82) is 0 Å². The van der Waals surface area contributed by atoms with Crippen molar-refractivity contribution in [2.75, 3.05) is 51.4 Å². The molecule has 2 aromatic rings. The van der Waals surface area contributed by atoms with Gasteiger partial charge in [-0.3, -0.25) is 4.79 Å². The first-order valence-electron chi connectivity index (χ1n) is 10.2. The molecule has 0 unspecified atom stereocenters. The molecule has 0 aromatic heterocycles. The van der Waals surface area contributed by atoms with E-state index in [2.05, 4.69) is 5.32 Å². The van der Waals surface area contributed by atoms with Crippen LogP contribution in [0.15, 0.2) is 47.4 Å². The molecule has 1 saturated heterocycles. The minimum atomic E-state index is -3.68. The van der Waals surface area contributed by atoms with E-state index in [4.69, 9.17) is 14.2 Å². The van der Waals surface area contributed by atoms with Gasteiger partial charge in [-0.05, 0) is 43.7 Å². The highest BCUT2D eigenvalue weighted by atomic mass is 32.2. The number of morpholine rings is 1. The third kappa shape index (κ3) is 5.82. The first-order chi connectivity index (χ1) is 14.9. The Morgan fingerprint density at radius 2 is 1.87 bits per heavy atom. The van der Waals surface area contributed by atoms with E-state index < -0.39 is 10.0 Å². The lowest BCUT2D eigenvalue weighted by Gasteiger charge is -2.26. The summed E-state index contributed by atoms with van der Waals surface area (Å²) in [6.07, 6.45) is 0. The minimum Gasteiger partial charge on any atom is -0.490 e. The van der Waals surface area contributed by atoms with Gasteiger partial charge in [-0.1, -0.05) is 18.2 Å². The highest BCUT2D eigenvalue weighted by Gasteiger charge is 2.28. The summed E-state index contributed by atoms with van der Waals surface area (Å²) in [5, 5.41) is 2.78. The van der Waals surface area contributed by atoms with Crippen LogP contribution in [0.25, 0.3) is 0 Å². The summed E-state index contributed by atoms with van der Waals surface area (Å²) < 4.78 is 43.7. The number of ether oxygens (including phenoxy) is 3. The van der Waals surface area contributed by atoms with Gasteiger partial charge in [-0.25, -0.2) is 8.42 Å². The summed E-state index contributed by atoms with van der Waals surface area (Å²) in [6.45, 7) is 6.34. The highest BCUT2D eigenvalue weighted by molar-refractivity contribution is 7.89. The lowest BCUT2D eigenvalue weighted by molar-refractivity contribution is 0.0730. The molecule has 9 heteroatoms. The van der Waals surface area contributed by atoms with E-state index in [1.165, 1.54) is 10.4 Å². The summed E-state index contributed by atoms with van der Waals surface area (Å²) in [6, 6.07) is 11.8. The van der Waals surface area contributed by atoms with Gasteiger partial charge in [0.05, 0.1) is 30.3 Å². The molecule has 1 N–H and O–H groups in total. The molecule has 1 heterocycles. The summed E-state index contributed by atoms with van der Waals surface area (Å²) in [4.78, 5) is 13.0. The lowest BCUT2D eigenvalue weighted by Crippen LogP contribution is -2.40. The van der Waals surface area contributed by atoms with Crippen LogP contribution in [0.1, 0.15) is 22.8 Å². The Morgan fingerprint density at radius 3 is 2.61 bits per heavy atom. The van der Waals surface area contributed by atoms with E-state index in [1.54, 1.807) is 43.3 Å². The molecular formula is C22H28N2O6S. The molecule has 31 heavy (non-hydrogen) atoms.